The van der Waals surface area contributed by atoms with Gasteiger partial charge < -0.3 is 5.11 Å². The second-order valence-corrected chi connectivity index (χ2v) is 3.57. The van der Waals surface area contributed by atoms with Crippen LogP contribution in [0.3, 0.4) is 0 Å². The van der Waals surface area contributed by atoms with Crippen LogP contribution in [0.1, 0.15) is 16.7 Å². The van der Waals surface area contributed by atoms with Crippen molar-refractivity contribution in [2.75, 3.05) is 0 Å². The van der Waals surface area contributed by atoms with Gasteiger partial charge >= 0.3 is 5.97 Å². The van der Waals surface area contributed by atoms with Crippen molar-refractivity contribution in [3.63, 3.8) is 0 Å². The highest BCUT2D eigenvalue weighted by Crippen LogP contribution is 2.41. The zero-order chi connectivity index (χ0) is 9.71. The van der Waals surface area contributed by atoms with Crippen molar-refractivity contribution >= 4 is 17.1 Å². The summed E-state index contributed by atoms with van der Waals surface area (Å²) in [6.45, 7) is 0. The van der Waals surface area contributed by atoms with Gasteiger partial charge in [0.15, 0.2) is 0 Å². The van der Waals surface area contributed by atoms with Gasteiger partial charge in [-0.15, -0.1) is 0 Å². The molecule has 0 unspecified atom stereocenters. The molecule has 0 bridgehead atoms. The van der Waals surface area contributed by atoms with Crippen LogP contribution in [0.2, 0.25) is 0 Å². The van der Waals surface area contributed by atoms with Gasteiger partial charge in [-0.1, -0.05) is 24.3 Å². The van der Waals surface area contributed by atoms with Gasteiger partial charge in [0.05, 0.1) is 5.57 Å². The van der Waals surface area contributed by atoms with Crippen molar-refractivity contribution in [2.24, 2.45) is 0 Å². The molecule has 0 spiro atoms. The van der Waals surface area contributed by atoms with E-state index in [1.807, 2.05) is 12.1 Å². The summed E-state index contributed by atoms with van der Waals surface area (Å²) >= 11 is 0. The summed E-state index contributed by atoms with van der Waals surface area (Å²) in [6, 6.07) is 5.86. The quantitative estimate of drug-likeness (QED) is 0.725. The number of allylic oxidation sites excluding steroid dienone is 3. The van der Waals surface area contributed by atoms with Crippen LogP contribution in [0, 0.1) is 0 Å². The number of hydrogen-bond donors (Lipinski definition) is 1. The highest BCUT2D eigenvalue weighted by molar-refractivity contribution is 6.22. The SMILES string of the molecule is O=C(O)C1=CC2=CCc3cccc1c32. The van der Waals surface area contributed by atoms with Crippen LogP contribution in [0.25, 0.3) is 11.1 Å². The third-order valence-corrected chi connectivity index (χ3v) is 2.80. The zero-order valence-electron chi connectivity index (χ0n) is 7.45. The van der Waals surface area contributed by atoms with E-state index in [9.17, 15) is 4.79 Å². The summed E-state index contributed by atoms with van der Waals surface area (Å²) in [5, 5.41) is 9.00. The molecular weight excluding hydrogens is 176 g/mol. The Morgan fingerprint density at radius 3 is 3.00 bits per heavy atom. The number of carbonyl (C=O) groups is 1. The maximum atomic E-state index is 10.9. The smallest absolute Gasteiger partial charge is 0.336 e. The number of hydrogen-bond acceptors (Lipinski definition) is 1. The van der Waals surface area contributed by atoms with Crippen LogP contribution >= 0.6 is 0 Å². The molecular formula is C12H8O2. The maximum absolute atomic E-state index is 10.9. The third kappa shape index (κ3) is 0.777. The molecule has 1 N–H and O–H groups in total. The number of carboxylic acid groups (broad SMARTS) is 1. The van der Waals surface area contributed by atoms with Crippen molar-refractivity contribution in [1.82, 2.24) is 0 Å². The number of benzene rings is 1. The lowest BCUT2D eigenvalue weighted by Gasteiger charge is -2.03. The molecule has 0 radical (unpaired) electrons. The third-order valence-electron chi connectivity index (χ3n) is 2.80. The van der Waals surface area contributed by atoms with Gasteiger partial charge in [-0.25, -0.2) is 4.79 Å². The average molecular weight is 184 g/mol. The van der Waals surface area contributed by atoms with E-state index in [0.29, 0.717) is 5.57 Å². The van der Waals surface area contributed by atoms with Crippen LogP contribution in [0.15, 0.2) is 30.4 Å². The van der Waals surface area contributed by atoms with Crippen LogP contribution in [-0.4, -0.2) is 11.1 Å². The highest BCUT2D eigenvalue weighted by atomic mass is 16.4. The molecule has 3 rings (SSSR count). The summed E-state index contributed by atoms with van der Waals surface area (Å²) in [5.74, 6) is -0.839. The Hall–Kier alpha value is -1.83. The molecule has 14 heavy (non-hydrogen) atoms. The Morgan fingerprint density at radius 1 is 1.36 bits per heavy atom. The van der Waals surface area contributed by atoms with Gasteiger partial charge in [0, 0.05) is 0 Å². The van der Waals surface area contributed by atoms with Crippen molar-refractivity contribution in [3.05, 3.63) is 47.0 Å². The second-order valence-electron chi connectivity index (χ2n) is 3.57. The van der Waals surface area contributed by atoms with Crippen molar-refractivity contribution in [3.8, 4) is 0 Å². The minimum Gasteiger partial charge on any atom is -0.478 e. The van der Waals surface area contributed by atoms with Crippen LogP contribution in [0.4, 0.5) is 0 Å². The fourth-order valence-electron chi connectivity index (χ4n) is 2.20. The van der Waals surface area contributed by atoms with Gasteiger partial charge in [0.25, 0.3) is 0 Å². The van der Waals surface area contributed by atoms with Gasteiger partial charge in [-0.05, 0) is 34.8 Å². The predicted molar refractivity (Wildman–Crippen MR) is 53.7 cm³/mol. The molecule has 2 nitrogen and oxygen atoms in total. The molecule has 0 amide bonds. The van der Waals surface area contributed by atoms with Gasteiger partial charge in [-0.3, -0.25) is 0 Å². The molecule has 0 aliphatic heterocycles. The summed E-state index contributed by atoms with van der Waals surface area (Å²) in [4.78, 5) is 10.9. The second kappa shape index (κ2) is 2.35. The average Bonchev–Trinajstić information content (AvgIpc) is 2.72. The van der Waals surface area contributed by atoms with Gasteiger partial charge in [0.2, 0.25) is 0 Å². The normalized spacial score (nSPS) is 16.3. The topological polar surface area (TPSA) is 37.3 Å². The minimum atomic E-state index is -0.839. The Kier molecular flexibility index (Phi) is 1.27. The lowest BCUT2D eigenvalue weighted by atomic mass is 10.0. The Bertz CT molecular complexity index is 507. The molecule has 1 aromatic carbocycles. The van der Waals surface area contributed by atoms with Crippen molar-refractivity contribution in [1.29, 1.82) is 0 Å². The summed E-state index contributed by atoms with van der Waals surface area (Å²) in [5.41, 5.74) is 4.74. The molecule has 2 aliphatic carbocycles. The van der Waals surface area contributed by atoms with Gasteiger partial charge in [-0.2, -0.15) is 0 Å². The zero-order valence-corrected chi connectivity index (χ0v) is 7.45. The molecule has 0 fully saturated rings. The summed E-state index contributed by atoms with van der Waals surface area (Å²) in [7, 11) is 0. The first-order chi connectivity index (χ1) is 6.77. The van der Waals surface area contributed by atoms with E-state index in [1.165, 1.54) is 5.56 Å². The van der Waals surface area contributed by atoms with Crippen molar-refractivity contribution in [2.45, 2.75) is 6.42 Å². The molecule has 0 heterocycles. The fourth-order valence-corrected chi connectivity index (χ4v) is 2.20. The molecule has 0 saturated carbocycles. The van der Waals surface area contributed by atoms with E-state index in [0.717, 1.165) is 23.1 Å². The standard InChI is InChI=1S/C12H8O2/c13-12(14)10-6-8-5-4-7-2-1-3-9(10)11(7)8/h1-3,5-6H,4H2,(H,13,14). The van der Waals surface area contributed by atoms with Gasteiger partial charge in [0.1, 0.15) is 0 Å². The molecule has 0 aromatic heterocycles. The number of aliphatic carboxylic acids is 1. The highest BCUT2D eigenvalue weighted by Gasteiger charge is 2.27. The monoisotopic (exact) mass is 184 g/mol. The van der Waals surface area contributed by atoms with Crippen LogP contribution < -0.4 is 0 Å². The predicted octanol–water partition coefficient (Wildman–Crippen LogP) is 2.11. The number of rotatable bonds is 1. The molecule has 1 aromatic rings. The molecule has 2 heteroatoms. The molecule has 2 aliphatic rings. The van der Waals surface area contributed by atoms with E-state index in [4.69, 9.17) is 5.11 Å². The number of carboxylic acids is 1. The summed E-state index contributed by atoms with van der Waals surface area (Å²) < 4.78 is 0. The fraction of sp³-hybridized carbons (Fsp3) is 0.0833. The van der Waals surface area contributed by atoms with E-state index < -0.39 is 5.97 Å². The lowest BCUT2D eigenvalue weighted by molar-refractivity contribution is -0.130. The maximum Gasteiger partial charge on any atom is 0.336 e. The van der Waals surface area contributed by atoms with E-state index >= 15 is 0 Å². The first-order valence-electron chi connectivity index (χ1n) is 4.55. The largest absolute Gasteiger partial charge is 0.478 e. The van der Waals surface area contributed by atoms with Crippen LogP contribution in [0.5, 0.6) is 0 Å². The molecule has 0 saturated heterocycles. The Labute approximate surface area is 81.2 Å². The summed E-state index contributed by atoms with van der Waals surface area (Å²) in [6.07, 6.45) is 4.79. The Morgan fingerprint density at radius 2 is 2.21 bits per heavy atom. The first-order valence-corrected chi connectivity index (χ1v) is 4.55. The lowest BCUT2D eigenvalue weighted by Crippen LogP contribution is -1.98. The van der Waals surface area contributed by atoms with Crippen molar-refractivity contribution < 1.29 is 9.90 Å². The first kappa shape index (κ1) is 7.56. The van der Waals surface area contributed by atoms with E-state index in [1.54, 1.807) is 6.08 Å². The van der Waals surface area contributed by atoms with E-state index in [-0.39, 0.29) is 0 Å². The van der Waals surface area contributed by atoms with Crippen LogP contribution in [-0.2, 0) is 11.2 Å². The Balaban J connectivity index is 2.32. The molecule has 68 valence electrons. The minimum absolute atomic E-state index is 0.424. The van der Waals surface area contributed by atoms with E-state index in [2.05, 4.69) is 12.1 Å². The molecule has 0 atom stereocenters.